The highest BCUT2D eigenvalue weighted by molar-refractivity contribution is 5.89. The van der Waals surface area contributed by atoms with Gasteiger partial charge in [0.25, 0.3) is 0 Å². The standard InChI is InChI=1S/C24H26O6/c1-3-17-9-13-19(14-10-17)23(25)29-27-21-7-5-6-8-22(21)28-30-24(26)20-15-11-18(4-2)12-16-20/h7,9-16,21H,3-6,8H2,1-2H3. The van der Waals surface area contributed by atoms with Crippen LogP contribution in [0.15, 0.2) is 48.5 Å². The molecule has 0 N–H and O–H groups in total. The van der Waals surface area contributed by atoms with Gasteiger partial charge in [-0.25, -0.2) is 9.59 Å². The Morgan fingerprint density at radius 1 is 0.833 bits per heavy atom. The second-order valence-corrected chi connectivity index (χ2v) is 7.04. The SMILES string of the molecule is CCc1ccc(C(=O)OO[C]2CCC[CH]C2OOC(=O)c2ccc(CC)cc2)cc1. The first-order chi connectivity index (χ1) is 14.6. The zero-order valence-electron chi connectivity index (χ0n) is 17.3. The van der Waals surface area contributed by atoms with Crippen LogP contribution in [0.5, 0.6) is 0 Å². The molecule has 6 nitrogen and oxygen atoms in total. The van der Waals surface area contributed by atoms with Gasteiger partial charge >= 0.3 is 11.9 Å². The predicted molar refractivity (Wildman–Crippen MR) is 110 cm³/mol. The van der Waals surface area contributed by atoms with Gasteiger partial charge in [0.05, 0.1) is 11.1 Å². The lowest BCUT2D eigenvalue weighted by molar-refractivity contribution is -0.311. The highest BCUT2D eigenvalue weighted by Crippen LogP contribution is 2.30. The molecule has 0 amide bonds. The van der Waals surface area contributed by atoms with E-state index in [4.69, 9.17) is 19.6 Å². The van der Waals surface area contributed by atoms with E-state index in [1.807, 2.05) is 44.5 Å². The van der Waals surface area contributed by atoms with Crippen molar-refractivity contribution in [1.29, 1.82) is 0 Å². The molecule has 2 radical (unpaired) electrons. The molecule has 2 aromatic rings. The molecule has 0 saturated heterocycles. The van der Waals surface area contributed by atoms with E-state index in [-0.39, 0.29) is 0 Å². The van der Waals surface area contributed by atoms with Crippen LogP contribution in [0, 0.1) is 12.5 Å². The summed E-state index contributed by atoms with van der Waals surface area (Å²) in [5.41, 5.74) is 3.05. The van der Waals surface area contributed by atoms with Crippen molar-refractivity contribution >= 4 is 11.9 Å². The smallest absolute Gasteiger partial charge is 0.292 e. The first-order valence-electron chi connectivity index (χ1n) is 10.2. The average Bonchev–Trinajstić information content (AvgIpc) is 2.81. The van der Waals surface area contributed by atoms with Crippen LogP contribution in [0.25, 0.3) is 0 Å². The van der Waals surface area contributed by atoms with Crippen molar-refractivity contribution in [2.45, 2.75) is 52.1 Å². The van der Waals surface area contributed by atoms with Crippen molar-refractivity contribution in [1.82, 2.24) is 0 Å². The van der Waals surface area contributed by atoms with E-state index in [0.29, 0.717) is 23.7 Å². The summed E-state index contributed by atoms with van der Waals surface area (Å²) >= 11 is 0. The van der Waals surface area contributed by atoms with E-state index in [2.05, 4.69) is 0 Å². The molecular weight excluding hydrogens is 384 g/mol. The second-order valence-electron chi connectivity index (χ2n) is 7.04. The molecule has 158 valence electrons. The number of carbonyl (C=O) groups excluding carboxylic acids is 2. The Morgan fingerprint density at radius 2 is 1.37 bits per heavy atom. The molecule has 3 rings (SSSR count). The molecule has 0 bridgehead atoms. The molecule has 1 aliphatic rings. The molecule has 1 aliphatic carbocycles. The van der Waals surface area contributed by atoms with E-state index in [1.54, 1.807) is 24.3 Å². The summed E-state index contributed by atoms with van der Waals surface area (Å²) in [5, 5.41) is 0. The van der Waals surface area contributed by atoms with E-state index in [1.165, 1.54) is 0 Å². The van der Waals surface area contributed by atoms with Gasteiger partial charge < -0.3 is 0 Å². The van der Waals surface area contributed by atoms with Crippen LogP contribution in [0.3, 0.4) is 0 Å². The molecule has 1 saturated carbocycles. The number of hydrogen-bond acceptors (Lipinski definition) is 6. The van der Waals surface area contributed by atoms with Crippen LogP contribution in [-0.2, 0) is 32.4 Å². The van der Waals surface area contributed by atoms with Crippen LogP contribution in [0.4, 0.5) is 0 Å². The van der Waals surface area contributed by atoms with Crippen molar-refractivity contribution in [3.8, 4) is 0 Å². The van der Waals surface area contributed by atoms with Crippen LogP contribution in [-0.4, -0.2) is 18.0 Å². The maximum atomic E-state index is 12.2. The fourth-order valence-electron chi connectivity index (χ4n) is 3.04. The molecule has 0 spiro atoms. The van der Waals surface area contributed by atoms with Crippen molar-refractivity contribution in [3.05, 3.63) is 83.3 Å². The summed E-state index contributed by atoms with van der Waals surface area (Å²) in [6.07, 6.45) is 5.40. The lowest BCUT2D eigenvalue weighted by atomic mass is 9.95. The van der Waals surface area contributed by atoms with Gasteiger partial charge in [0.15, 0.2) is 6.10 Å². The summed E-state index contributed by atoms with van der Waals surface area (Å²) in [4.78, 5) is 44.9. The monoisotopic (exact) mass is 410 g/mol. The fraction of sp³-hybridized carbons (Fsp3) is 0.333. The lowest BCUT2D eigenvalue weighted by Gasteiger charge is -2.26. The zero-order valence-corrected chi connectivity index (χ0v) is 17.3. The number of hydrogen-bond donors (Lipinski definition) is 0. The van der Waals surface area contributed by atoms with Crippen LogP contribution < -0.4 is 0 Å². The zero-order chi connectivity index (χ0) is 21.3. The maximum Gasteiger partial charge on any atom is 0.373 e. The van der Waals surface area contributed by atoms with Gasteiger partial charge in [0.2, 0.25) is 0 Å². The van der Waals surface area contributed by atoms with Crippen LogP contribution in [0.1, 0.15) is 65.0 Å². The van der Waals surface area contributed by atoms with Crippen molar-refractivity contribution in [3.63, 3.8) is 0 Å². The minimum absolute atomic E-state index is 0.383. The third-order valence-corrected chi connectivity index (χ3v) is 4.97. The molecule has 0 aliphatic heterocycles. The molecule has 0 aromatic heterocycles. The Labute approximate surface area is 176 Å². The second kappa shape index (κ2) is 10.9. The van der Waals surface area contributed by atoms with Gasteiger partial charge in [-0.3, -0.25) is 9.78 Å². The molecule has 6 heteroatoms. The van der Waals surface area contributed by atoms with Crippen molar-refractivity contribution in [2.75, 3.05) is 0 Å². The molecule has 0 heterocycles. The summed E-state index contributed by atoms with van der Waals surface area (Å²) in [7, 11) is 0. The third-order valence-electron chi connectivity index (χ3n) is 4.97. The van der Waals surface area contributed by atoms with Gasteiger partial charge in [-0.15, -0.1) is 0 Å². The maximum absolute atomic E-state index is 12.2. The van der Waals surface area contributed by atoms with E-state index in [0.717, 1.165) is 36.8 Å². The molecule has 2 aromatic carbocycles. The van der Waals surface area contributed by atoms with Crippen molar-refractivity contribution in [2.24, 2.45) is 0 Å². The third kappa shape index (κ3) is 5.90. The summed E-state index contributed by atoms with van der Waals surface area (Å²) in [6, 6.07) is 14.3. The summed E-state index contributed by atoms with van der Waals surface area (Å²) < 4.78 is 0. The first kappa shape index (κ1) is 22.0. The predicted octanol–water partition coefficient (Wildman–Crippen LogP) is 4.98. The number of aryl methyl sites for hydroxylation is 2. The Bertz CT molecular complexity index is 756. The van der Waals surface area contributed by atoms with Crippen LogP contribution in [0.2, 0.25) is 0 Å². The normalized spacial score (nSPS) is 16.8. The van der Waals surface area contributed by atoms with E-state index >= 15 is 0 Å². The van der Waals surface area contributed by atoms with Gasteiger partial charge in [0, 0.05) is 0 Å². The first-order valence-corrected chi connectivity index (χ1v) is 10.2. The van der Waals surface area contributed by atoms with E-state index < -0.39 is 18.0 Å². The fourth-order valence-corrected chi connectivity index (χ4v) is 3.04. The topological polar surface area (TPSA) is 71.1 Å². The van der Waals surface area contributed by atoms with E-state index in [9.17, 15) is 9.59 Å². The number of benzene rings is 2. The summed E-state index contributed by atoms with van der Waals surface area (Å²) in [6.45, 7) is 4.08. The molecular formula is C24H26O6. The summed E-state index contributed by atoms with van der Waals surface area (Å²) in [5.74, 6) is -1.19. The number of rotatable bonds is 8. The van der Waals surface area contributed by atoms with Gasteiger partial charge in [-0.1, -0.05) is 38.1 Å². The lowest BCUT2D eigenvalue weighted by Crippen LogP contribution is -2.30. The number of carbonyl (C=O) groups is 2. The Hall–Kier alpha value is -2.70. The minimum atomic E-state index is -0.701. The molecule has 30 heavy (non-hydrogen) atoms. The van der Waals surface area contributed by atoms with Gasteiger partial charge in [-0.05, 0) is 73.9 Å². The molecule has 1 fully saturated rings. The largest absolute Gasteiger partial charge is 0.373 e. The van der Waals surface area contributed by atoms with Crippen LogP contribution >= 0.6 is 0 Å². The van der Waals surface area contributed by atoms with Gasteiger partial charge in [-0.2, -0.15) is 9.78 Å². The Balaban J connectivity index is 1.51. The van der Waals surface area contributed by atoms with Crippen molar-refractivity contribution < 1.29 is 29.1 Å². The average molecular weight is 410 g/mol. The Morgan fingerprint density at radius 3 is 1.90 bits per heavy atom. The quantitative estimate of drug-likeness (QED) is 0.452. The molecule has 1 unspecified atom stereocenters. The Kier molecular flexibility index (Phi) is 7.99. The highest BCUT2D eigenvalue weighted by atomic mass is 17.2. The highest BCUT2D eigenvalue weighted by Gasteiger charge is 2.33. The van der Waals surface area contributed by atoms with Gasteiger partial charge in [0.1, 0.15) is 6.10 Å². The minimum Gasteiger partial charge on any atom is -0.292 e. The molecule has 1 atom stereocenters.